The van der Waals surface area contributed by atoms with E-state index in [-0.39, 0.29) is 29.2 Å². The molecule has 1 aliphatic carbocycles. The summed E-state index contributed by atoms with van der Waals surface area (Å²) in [5.74, 6) is 0.667. The highest BCUT2D eigenvalue weighted by Gasteiger charge is 2.49. The molecule has 3 aliphatic rings. The van der Waals surface area contributed by atoms with Crippen LogP contribution in [0, 0.1) is 22.7 Å². The standard InChI is InChI=1S/C26H33N5O3/c1-34-23-7-2-6-21-20(23)12-22(30-21)25(33)31-16-26(8-4-9-26)13-19(31)15-29-18(14-27)11-17-5-3-10-28-24(17)32/h2,6-7,12,17-19,29-30H,3-5,8-11,13,15-16H2,1H3,(H,28,32)/t17-,18-,19?/m0/s1. The van der Waals surface area contributed by atoms with Crippen LogP contribution in [0.25, 0.3) is 10.9 Å². The van der Waals surface area contributed by atoms with Gasteiger partial charge in [0.15, 0.2) is 0 Å². The predicted octanol–water partition coefficient (Wildman–Crippen LogP) is 2.96. The molecule has 3 fully saturated rings. The summed E-state index contributed by atoms with van der Waals surface area (Å²) in [7, 11) is 1.63. The van der Waals surface area contributed by atoms with E-state index in [0.717, 1.165) is 61.8 Å². The Morgan fingerprint density at radius 2 is 2.24 bits per heavy atom. The fourth-order valence-electron chi connectivity index (χ4n) is 6.00. The zero-order valence-electron chi connectivity index (χ0n) is 19.7. The van der Waals surface area contributed by atoms with Gasteiger partial charge in [-0.05, 0) is 62.1 Å². The topological polar surface area (TPSA) is 110 Å². The number of nitriles is 1. The van der Waals surface area contributed by atoms with Crippen molar-refractivity contribution in [2.24, 2.45) is 11.3 Å². The number of hydrogen-bond acceptors (Lipinski definition) is 5. The Bertz CT molecular complexity index is 1120. The van der Waals surface area contributed by atoms with Gasteiger partial charge in [-0.3, -0.25) is 14.9 Å². The van der Waals surface area contributed by atoms with Gasteiger partial charge in [-0.1, -0.05) is 12.5 Å². The number of amides is 2. The second kappa shape index (κ2) is 9.30. The highest BCUT2D eigenvalue weighted by atomic mass is 16.5. The van der Waals surface area contributed by atoms with E-state index in [9.17, 15) is 14.9 Å². The number of benzene rings is 1. The molecule has 1 aromatic heterocycles. The van der Waals surface area contributed by atoms with E-state index in [1.165, 1.54) is 6.42 Å². The van der Waals surface area contributed by atoms with Gasteiger partial charge < -0.3 is 19.9 Å². The van der Waals surface area contributed by atoms with Crippen LogP contribution in [0.1, 0.15) is 55.4 Å². The molecule has 2 amide bonds. The van der Waals surface area contributed by atoms with E-state index in [1.54, 1.807) is 7.11 Å². The lowest BCUT2D eigenvalue weighted by atomic mass is 9.67. The summed E-state index contributed by atoms with van der Waals surface area (Å²) in [5.41, 5.74) is 1.65. The molecule has 1 aromatic carbocycles. The van der Waals surface area contributed by atoms with Crippen LogP contribution in [-0.4, -0.2) is 60.5 Å². The number of carbonyl (C=O) groups is 2. The molecule has 8 heteroatoms. The van der Waals surface area contributed by atoms with Crippen LogP contribution < -0.4 is 15.4 Å². The fourth-order valence-corrected chi connectivity index (χ4v) is 6.00. The minimum atomic E-state index is -0.402. The number of fused-ring (bicyclic) bond motifs is 1. The van der Waals surface area contributed by atoms with Crippen molar-refractivity contribution in [3.63, 3.8) is 0 Å². The Morgan fingerprint density at radius 1 is 1.38 bits per heavy atom. The number of H-pyrrole nitrogens is 1. The molecular formula is C26H33N5O3. The monoisotopic (exact) mass is 463 g/mol. The van der Waals surface area contributed by atoms with Gasteiger partial charge in [0, 0.05) is 42.5 Å². The maximum Gasteiger partial charge on any atom is 0.270 e. The minimum absolute atomic E-state index is 0.00556. The van der Waals surface area contributed by atoms with Gasteiger partial charge in [0.05, 0.1) is 19.2 Å². The third kappa shape index (κ3) is 4.25. The number of hydrogen-bond donors (Lipinski definition) is 3. The number of rotatable bonds is 7. The molecule has 2 saturated heterocycles. The number of methoxy groups -OCH3 is 1. The molecule has 2 aliphatic heterocycles. The SMILES string of the molecule is COc1cccc2[nH]c(C(=O)N3CC4(CCC4)CC3CN[C@H](C#N)C[C@@H]3CCCNC3=O)cc12. The number of aromatic amines is 1. The van der Waals surface area contributed by atoms with Crippen LogP contribution in [0.5, 0.6) is 5.75 Å². The number of ether oxygens (including phenoxy) is 1. The normalized spacial score (nSPS) is 24.5. The second-order valence-electron chi connectivity index (χ2n) is 10.2. The lowest BCUT2D eigenvalue weighted by molar-refractivity contribution is -0.126. The first-order valence-electron chi connectivity index (χ1n) is 12.4. The van der Waals surface area contributed by atoms with E-state index in [0.29, 0.717) is 18.7 Å². The summed E-state index contributed by atoms with van der Waals surface area (Å²) in [5, 5.41) is 16.9. The average molecular weight is 464 g/mol. The lowest BCUT2D eigenvalue weighted by Crippen LogP contribution is -2.46. The molecule has 5 rings (SSSR count). The Kier molecular flexibility index (Phi) is 6.22. The van der Waals surface area contributed by atoms with Gasteiger partial charge in [0.2, 0.25) is 5.91 Å². The molecule has 0 radical (unpaired) electrons. The molecule has 8 nitrogen and oxygen atoms in total. The van der Waals surface area contributed by atoms with Crippen LogP contribution in [0.2, 0.25) is 0 Å². The molecular weight excluding hydrogens is 430 g/mol. The number of carbonyl (C=O) groups excluding carboxylic acids is 2. The summed E-state index contributed by atoms with van der Waals surface area (Å²) < 4.78 is 5.46. The van der Waals surface area contributed by atoms with Crippen molar-refractivity contribution in [3.8, 4) is 11.8 Å². The molecule has 3 N–H and O–H groups in total. The third-order valence-corrected chi connectivity index (χ3v) is 8.04. The van der Waals surface area contributed by atoms with Gasteiger partial charge in [0.25, 0.3) is 5.91 Å². The summed E-state index contributed by atoms with van der Waals surface area (Å²) in [4.78, 5) is 31.0. The number of nitrogens with zero attached hydrogens (tertiary/aromatic N) is 2. The number of nitrogens with one attached hydrogen (secondary N) is 3. The molecule has 34 heavy (non-hydrogen) atoms. The van der Waals surface area contributed by atoms with Crippen LogP contribution in [0.4, 0.5) is 0 Å². The highest BCUT2D eigenvalue weighted by Crippen LogP contribution is 2.50. The smallest absolute Gasteiger partial charge is 0.270 e. The summed E-state index contributed by atoms with van der Waals surface area (Å²) in [6.07, 6.45) is 6.76. The predicted molar refractivity (Wildman–Crippen MR) is 128 cm³/mol. The summed E-state index contributed by atoms with van der Waals surface area (Å²) >= 11 is 0. The number of piperidine rings is 1. The third-order valence-electron chi connectivity index (χ3n) is 8.04. The molecule has 0 bridgehead atoms. The van der Waals surface area contributed by atoms with Crippen molar-refractivity contribution >= 4 is 22.7 Å². The molecule has 1 saturated carbocycles. The Hall–Kier alpha value is -3.05. The zero-order valence-corrected chi connectivity index (χ0v) is 19.7. The van der Waals surface area contributed by atoms with Crippen molar-refractivity contribution in [3.05, 3.63) is 30.0 Å². The maximum absolute atomic E-state index is 13.6. The molecule has 1 unspecified atom stereocenters. The van der Waals surface area contributed by atoms with Crippen molar-refractivity contribution in [2.45, 2.75) is 57.0 Å². The van der Waals surface area contributed by atoms with Crippen molar-refractivity contribution < 1.29 is 14.3 Å². The number of likely N-dealkylation sites (tertiary alicyclic amines) is 1. The molecule has 3 heterocycles. The van der Waals surface area contributed by atoms with Crippen LogP contribution >= 0.6 is 0 Å². The summed E-state index contributed by atoms with van der Waals surface area (Å²) in [6.45, 7) is 2.04. The number of aromatic nitrogens is 1. The van der Waals surface area contributed by atoms with E-state index >= 15 is 0 Å². The van der Waals surface area contributed by atoms with Crippen molar-refractivity contribution in [1.29, 1.82) is 5.26 Å². The van der Waals surface area contributed by atoms with Crippen molar-refractivity contribution in [1.82, 2.24) is 20.5 Å². The van der Waals surface area contributed by atoms with Crippen LogP contribution in [0.3, 0.4) is 0 Å². The minimum Gasteiger partial charge on any atom is -0.496 e. The Labute approximate surface area is 200 Å². The molecule has 180 valence electrons. The first kappa shape index (κ1) is 22.7. The van der Waals surface area contributed by atoms with E-state index in [2.05, 4.69) is 21.7 Å². The maximum atomic E-state index is 13.6. The lowest BCUT2D eigenvalue weighted by Gasteiger charge is -2.37. The largest absolute Gasteiger partial charge is 0.496 e. The van der Waals surface area contributed by atoms with Gasteiger partial charge >= 0.3 is 0 Å². The highest BCUT2D eigenvalue weighted by molar-refractivity contribution is 6.00. The van der Waals surface area contributed by atoms with Crippen molar-refractivity contribution in [2.75, 3.05) is 26.7 Å². The quantitative estimate of drug-likeness (QED) is 0.585. The van der Waals surface area contributed by atoms with Gasteiger partial charge in [-0.25, -0.2) is 0 Å². The van der Waals surface area contributed by atoms with E-state index < -0.39 is 6.04 Å². The Morgan fingerprint density at radius 3 is 2.94 bits per heavy atom. The second-order valence-corrected chi connectivity index (χ2v) is 10.2. The Balaban J connectivity index is 1.30. The van der Waals surface area contributed by atoms with Crippen LogP contribution in [-0.2, 0) is 4.79 Å². The van der Waals surface area contributed by atoms with Gasteiger partial charge in [-0.2, -0.15) is 5.26 Å². The first-order chi connectivity index (χ1) is 16.5. The zero-order chi connectivity index (χ0) is 23.7. The van der Waals surface area contributed by atoms with E-state index in [1.807, 2.05) is 29.2 Å². The fraction of sp³-hybridized carbons (Fsp3) is 0.577. The molecule has 1 spiro atoms. The van der Waals surface area contributed by atoms with E-state index in [4.69, 9.17) is 4.74 Å². The average Bonchev–Trinajstić information content (AvgIpc) is 3.44. The van der Waals surface area contributed by atoms with Gasteiger partial charge in [0.1, 0.15) is 11.4 Å². The summed E-state index contributed by atoms with van der Waals surface area (Å²) in [6, 6.07) is 9.59. The molecule has 2 aromatic rings. The first-order valence-corrected chi connectivity index (χ1v) is 12.4. The molecule has 3 atom stereocenters. The van der Waals surface area contributed by atoms with Crippen LogP contribution in [0.15, 0.2) is 24.3 Å². The van der Waals surface area contributed by atoms with Gasteiger partial charge in [-0.15, -0.1) is 0 Å².